The third kappa shape index (κ3) is 1.99. The van der Waals surface area contributed by atoms with Crippen LogP contribution in [0.25, 0.3) is 0 Å². The molecule has 0 aromatic heterocycles. The molecule has 4 aliphatic rings. The standard InChI is InChI=1S/C21H32O2/c1-13(22)16-9-10-17-15-8-7-14-6-4-5-11-20(14,2)18(15)12-19(23)21(16,17)3/h14-18H,4-12H2,1-3H3/t14?,15?,16-,17?,18?,20+,21-/m1/s1. The van der Waals surface area contributed by atoms with E-state index in [1.54, 1.807) is 6.92 Å². The first-order chi connectivity index (χ1) is 10.9. The van der Waals surface area contributed by atoms with E-state index in [9.17, 15) is 9.59 Å². The van der Waals surface area contributed by atoms with E-state index in [4.69, 9.17) is 0 Å². The molecule has 0 heterocycles. The van der Waals surface area contributed by atoms with E-state index >= 15 is 0 Å². The molecule has 0 bridgehead atoms. The Labute approximate surface area is 140 Å². The van der Waals surface area contributed by atoms with Crippen LogP contribution in [0.1, 0.15) is 78.6 Å². The first kappa shape index (κ1) is 15.8. The minimum absolute atomic E-state index is 0.00200. The maximum Gasteiger partial charge on any atom is 0.140 e. The Bertz CT molecular complexity index is 538. The van der Waals surface area contributed by atoms with Crippen LogP contribution in [0.4, 0.5) is 0 Å². The van der Waals surface area contributed by atoms with Gasteiger partial charge >= 0.3 is 0 Å². The second-order valence-corrected chi connectivity index (χ2v) is 9.55. The van der Waals surface area contributed by atoms with Gasteiger partial charge in [0.2, 0.25) is 0 Å². The molecule has 2 heteroatoms. The molecule has 0 amide bonds. The molecule has 0 aliphatic heterocycles. The summed E-state index contributed by atoms with van der Waals surface area (Å²) < 4.78 is 0. The second kappa shape index (κ2) is 5.17. The first-order valence-corrected chi connectivity index (χ1v) is 9.92. The smallest absolute Gasteiger partial charge is 0.140 e. The summed E-state index contributed by atoms with van der Waals surface area (Å²) >= 11 is 0. The van der Waals surface area contributed by atoms with Gasteiger partial charge in [-0.1, -0.05) is 26.7 Å². The van der Waals surface area contributed by atoms with E-state index in [2.05, 4.69) is 13.8 Å². The van der Waals surface area contributed by atoms with E-state index < -0.39 is 0 Å². The van der Waals surface area contributed by atoms with Crippen LogP contribution in [-0.4, -0.2) is 11.6 Å². The molecule has 0 N–H and O–H groups in total. The van der Waals surface area contributed by atoms with Gasteiger partial charge in [-0.3, -0.25) is 9.59 Å². The maximum absolute atomic E-state index is 13.2. The molecular weight excluding hydrogens is 284 g/mol. The van der Waals surface area contributed by atoms with Crippen molar-refractivity contribution in [2.24, 2.45) is 40.4 Å². The van der Waals surface area contributed by atoms with Crippen molar-refractivity contribution in [3.05, 3.63) is 0 Å². The Morgan fingerprint density at radius 1 is 1.00 bits per heavy atom. The monoisotopic (exact) mass is 316 g/mol. The fourth-order valence-electron chi connectivity index (χ4n) is 7.65. The molecular formula is C21H32O2. The molecule has 2 nitrogen and oxygen atoms in total. The lowest BCUT2D eigenvalue weighted by Gasteiger charge is -2.59. The maximum atomic E-state index is 13.2. The van der Waals surface area contributed by atoms with Crippen molar-refractivity contribution in [2.45, 2.75) is 78.6 Å². The third-order valence-electron chi connectivity index (χ3n) is 8.94. The number of hydrogen-bond acceptors (Lipinski definition) is 2. The topological polar surface area (TPSA) is 34.1 Å². The van der Waals surface area contributed by atoms with Crippen LogP contribution in [0.5, 0.6) is 0 Å². The van der Waals surface area contributed by atoms with Crippen LogP contribution in [0.3, 0.4) is 0 Å². The molecule has 7 atom stereocenters. The van der Waals surface area contributed by atoms with E-state index in [-0.39, 0.29) is 17.1 Å². The molecule has 4 saturated carbocycles. The molecule has 4 aliphatic carbocycles. The molecule has 23 heavy (non-hydrogen) atoms. The first-order valence-electron chi connectivity index (χ1n) is 9.92. The van der Waals surface area contributed by atoms with Gasteiger partial charge in [-0.25, -0.2) is 0 Å². The number of carbonyl (C=O) groups excluding carboxylic acids is 2. The highest BCUT2D eigenvalue weighted by Crippen LogP contribution is 2.66. The van der Waals surface area contributed by atoms with E-state index in [0.717, 1.165) is 25.2 Å². The Morgan fingerprint density at radius 2 is 1.78 bits per heavy atom. The van der Waals surface area contributed by atoms with Gasteiger partial charge in [-0.2, -0.15) is 0 Å². The van der Waals surface area contributed by atoms with Crippen LogP contribution < -0.4 is 0 Å². The number of carbonyl (C=O) groups is 2. The van der Waals surface area contributed by atoms with Gasteiger partial charge in [0, 0.05) is 17.8 Å². The predicted octanol–water partition coefficient (Wildman–Crippen LogP) is 4.80. The predicted molar refractivity (Wildman–Crippen MR) is 90.9 cm³/mol. The van der Waals surface area contributed by atoms with Crippen molar-refractivity contribution in [3.63, 3.8) is 0 Å². The molecule has 4 rings (SSSR count). The highest BCUT2D eigenvalue weighted by atomic mass is 16.1. The summed E-state index contributed by atoms with van der Waals surface area (Å²) in [6.07, 6.45) is 10.9. The number of Topliss-reactive ketones (excluding diaryl/α,β-unsaturated/α-hetero) is 2. The van der Waals surface area contributed by atoms with Gasteiger partial charge in [-0.15, -0.1) is 0 Å². The minimum Gasteiger partial charge on any atom is -0.300 e. The Kier molecular flexibility index (Phi) is 3.56. The van der Waals surface area contributed by atoms with Gasteiger partial charge < -0.3 is 0 Å². The van der Waals surface area contributed by atoms with Gasteiger partial charge in [-0.05, 0) is 74.5 Å². The summed E-state index contributed by atoms with van der Waals surface area (Å²) in [5, 5.41) is 0. The molecule has 0 aromatic rings. The fraction of sp³-hybridized carbons (Fsp3) is 0.905. The molecule has 4 fully saturated rings. The summed E-state index contributed by atoms with van der Waals surface area (Å²) in [6, 6.07) is 0. The van der Waals surface area contributed by atoms with Crippen molar-refractivity contribution >= 4 is 11.6 Å². The number of fused-ring (bicyclic) bond motifs is 5. The van der Waals surface area contributed by atoms with Gasteiger partial charge in [0.25, 0.3) is 0 Å². The number of ketones is 2. The Hall–Kier alpha value is -0.660. The molecule has 0 aromatic carbocycles. The fourth-order valence-corrected chi connectivity index (χ4v) is 7.65. The van der Waals surface area contributed by atoms with Crippen molar-refractivity contribution in [2.75, 3.05) is 0 Å². The highest BCUT2D eigenvalue weighted by Gasteiger charge is 2.63. The zero-order valence-electron chi connectivity index (χ0n) is 15.1. The van der Waals surface area contributed by atoms with Crippen molar-refractivity contribution in [3.8, 4) is 0 Å². The highest BCUT2D eigenvalue weighted by molar-refractivity contribution is 5.93. The molecule has 4 unspecified atom stereocenters. The lowest BCUT2D eigenvalue weighted by atomic mass is 9.44. The molecule has 128 valence electrons. The van der Waals surface area contributed by atoms with E-state index in [1.165, 1.54) is 38.5 Å². The Balaban J connectivity index is 1.70. The largest absolute Gasteiger partial charge is 0.300 e. The Morgan fingerprint density at radius 3 is 2.52 bits per heavy atom. The zero-order chi connectivity index (χ0) is 16.4. The summed E-state index contributed by atoms with van der Waals surface area (Å²) in [5.74, 6) is 3.28. The van der Waals surface area contributed by atoms with E-state index in [0.29, 0.717) is 29.0 Å². The van der Waals surface area contributed by atoms with Crippen molar-refractivity contribution in [1.82, 2.24) is 0 Å². The van der Waals surface area contributed by atoms with Crippen LogP contribution >= 0.6 is 0 Å². The summed E-state index contributed by atoms with van der Waals surface area (Å²) in [4.78, 5) is 25.4. The average molecular weight is 316 g/mol. The lowest BCUT2D eigenvalue weighted by Crippen LogP contribution is -2.56. The molecule has 0 spiro atoms. The summed E-state index contributed by atoms with van der Waals surface area (Å²) in [7, 11) is 0. The third-order valence-corrected chi connectivity index (χ3v) is 8.94. The average Bonchev–Trinajstić information content (AvgIpc) is 2.87. The van der Waals surface area contributed by atoms with Gasteiger partial charge in [0.05, 0.1) is 0 Å². The number of rotatable bonds is 1. The van der Waals surface area contributed by atoms with Gasteiger partial charge in [0.1, 0.15) is 11.6 Å². The number of hydrogen-bond donors (Lipinski definition) is 0. The van der Waals surface area contributed by atoms with Crippen LogP contribution in [0.2, 0.25) is 0 Å². The summed E-state index contributed by atoms with van der Waals surface area (Å²) in [5.41, 5.74) is 0.0529. The summed E-state index contributed by atoms with van der Waals surface area (Å²) in [6.45, 7) is 6.35. The van der Waals surface area contributed by atoms with Crippen molar-refractivity contribution in [1.29, 1.82) is 0 Å². The van der Waals surface area contributed by atoms with Crippen LogP contribution in [-0.2, 0) is 9.59 Å². The van der Waals surface area contributed by atoms with E-state index in [1.807, 2.05) is 0 Å². The van der Waals surface area contributed by atoms with Crippen molar-refractivity contribution < 1.29 is 9.59 Å². The SMILES string of the molecule is CC(=O)[C@H]1CCC2C3CCC4CCCC[C@]4(C)C3CC(=O)[C@@]21C. The van der Waals surface area contributed by atoms with Gasteiger partial charge in [0.15, 0.2) is 0 Å². The second-order valence-electron chi connectivity index (χ2n) is 9.55. The normalized spacial score (nSPS) is 52.5. The molecule has 0 radical (unpaired) electrons. The lowest BCUT2D eigenvalue weighted by molar-refractivity contribution is -0.158. The van der Waals surface area contributed by atoms with Crippen LogP contribution in [0, 0.1) is 40.4 Å². The zero-order valence-corrected chi connectivity index (χ0v) is 15.1. The molecule has 0 saturated heterocycles. The minimum atomic E-state index is -0.342. The van der Waals surface area contributed by atoms with Crippen LogP contribution in [0.15, 0.2) is 0 Å². The quantitative estimate of drug-likeness (QED) is 0.696.